The van der Waals surface area contributed by atoms with Crippen molar-refractivity contribution in [1.29, 1.82) is 0 Å². The number of carbonyl (C=O) groups excluding carboxylic acids is 1. The van der Waals surface area contributed by atoms with Gasteiger partial charge >= 0.3 is 0 Å². The number of amides is 1. The third-order valence-corrected chi connectivity index (χ3v) is 2.84. The molecule has 0 saturated carbocycles. The van der Waals surface area contributed by atoms with Crippen LogP contribution in [0.15, 0.2) is 18.2 Å². The lowest BCUT2D eigenvalue weighted by molar-refractivity contribution is -0.121. The van der Waals surface area contributed by atoms with Gasteiger partial charge in [0.25, 0.3) is 0 Å². The van der Waals surface area contributed by atoms with Crippen molar-refractivity contribution in [3.63, 3.8) is 0 Å². The van der Waals surface area contributed by atoms with Crippen LogP contribution in [-0.4, -0.2) is 30.8 Å². The zero-order valence-corrected chi connectivity index (χ0v) is 11.7. The second-order valence-corrected chi connectivity index (χ2v) is 4.65. The second-order valence-electron chi connectivity index (χ2n) is 4.65. The Hall–Kier alpha value is -1.55. The molecule has 0 fully saturated rings. The summed E-state index contributed by atoms with van der Waals surface area (Å²) in [5.74, 6) is 0.830. The molecule has 0 radical (unpaired) electrons. The van der Waals surface area contributed by atoms with E-state index in [4.69, 9.17) is 9.84 Å². The molecule has 1 rings (SSSR count). The molecular weight excluding hydrogens is 242 g/mol. The van der Waals surface area contributed by atoms with Crippen molar-refractivity contribution < 1.29 is 14.6 Å². The van der Waals surface area contributed by atoms with Crippen molar-refractivity contribution in [2.75, 3.05) is 19.8 Å². The van der Waals surface area contributed by atoms with Gasteiger partial charge in [-0.05, 0) is 43.9 Å². The molecule has 0 saturated heterocycles. The van der Waals surface area contributed by atoms with Crippen LogP contribution in [0.1, 0.15) is 30.4 Å². The third kappa shape index (κ3) is 6.25. The molecule has 19 heavy (non-hydrogen) atoms. The molecule has 1 aromatic rings. The first-order chi connectivity index (χ1) is 9.13. The minimum absolute atomic E-state index is 0.0109. The normalized spacial score (nSPS) is 10.3. The van der Waals surface area contributed by atoms with E-state index in [1.807, 2.05) is 32.0 Å². The quantitative estimate of drug-likeness (QED) is 0.706. The van der Waals surface area contributed by atoms with Gasteiger partial charge in [-0.2, -0.15) is 0 Å². The Labute approximate surface area is 114 Å². The van der Waals surface area contributed by atoms with E-state index in [2.05, 4.69) is 5.32 Å². The van der Waals surface area contributed by atoms with E-state index >= 15 is 0 Å². The first kappa shape index (κ1) is 15.5. The summed E-state index contributed by atoms with van der Waals surface area (Å²) in [5, 5.41) is 11.4. The maximum absolute atomic E-state index is 11.5. The summed E-state index contributed by atoms with van der Waals surface area (Å²) in [6.45, 7) is 5.18. The summed E-state index contributed by atoms with van der Waals surface area (Å²) in [7, 11) is 0. The number of aryl methyl sites for hydroxylation is 2. The van der Waals surface area contributed by atoms with E-state index in [-0.39, 0.29) is 12.5 Å². The number of nitrogens with one attached hydrogen (secondary N) is 1. The van der Waals surface area contributed by atoms with Crippen LogP contribution in [-0.2, 0) is 4.79 Å². The van der Waals surface area contributed by atoms with Gasteiger partial charge < -0.3 is 15.2 Å². The topological polar surface area (TPSA) is 58.6 Å². The Morgan fingerprint density at radius 2 is 2.11 bits per heavy atom. The molecule has 1 aromatic carbocycles. The molecular formula is C15H23NO3. The molecule has 106 valence electrons. The SMILES string of the molecule is Cc1ccc(C)c(OCCC(=O)NCCCCO)c1. The zero-order chi connectivity index (χ0) is 14.1. The van der Waals surface area contributed by atoms with Gasteiger partial charge in [0.1, 0.15) is 5.75 Å². The lowest BCUT2D eigenvalue weighted by Gasteiger charge is -2.10. The van der Waals surface area contributed by atoms with Crippen molar-refractivity contribution >= 4 is 5.91 Å². The fraction of sp³-hybridized carbons (Fsp3) is 0.533. The van der Waals surface area contributed by atoms with Crippen molar-refractivity contribution in [2.45, 2.75) is 33.1 Å². The third-order valence-electron chi connectivity index (χ3n) is 2.84. The summed E-state index contributed by atoms with van der Waals surface area (Å²) < 4.78 is 5.61. The van der Waals surface area contributed by atoms with Gasteiger partial charge in [0.05, 0.1) is 13.0 Å². The number of aliphatic hydroxyl groups excluding tert-OH is 1. The van der Waals surface area contributed by atoms with Gasteiger partial charge in [0.2, 0.25) is 5.91 Å². The number of hydrogen-bond donors (Lipinski definition) is 2. The smallest absolute Gasteiger partial charge is 0.223 e. The van der Waals surface area contributed by atoms with Gasteiger partial charge in [0, 0.05) is 13.2 Å². The number of carbonyl (C=O) groups is 1. The first-order valence-corrected chi connectivity index (χ1v) is 6.71. The summed E-state index contributed by atoms with van der Waals surface area (Å²) >= 11 is 0. The molecule has 0 atom stereocenters. The largest absolute Gasteiger partial charge is 0.493 e. The Bertz CT molecular complexity index is 404. The van der Waals surface area contributed by atoms with Crippen LogP contribution in [0.25, 0.3) is 0 Å². The fourth-order valence-electron chi connectivity index (χ4n) is 1.67. The Balaban J connectivity index is 2.22. The highest BCUT2D eigenvalue weighted by molar-refractivity contribution is 5.75. The maximum Gasteiger partial charge on any atom is 0.223 e. The Kier molecular flexibility index (Phi) is 6.97. The van der Waals surface area contributed by atoms with Gasteiger partial charge in [-0.15, -0.1) is 0 Å². The van der Waals surface area contributed by atoms with Crippen molar-refractivity contribution in [1.82, 2.24) is 5.32 Å². The molecule has 0 spiro atoms. The van der Waals surface area contributed by atoms with E-state index < -0.39 is 0 Å². The van der Waals surface area contributed by atoms with Crippen LogP contribution in [0, 0.1) is 13.8 Å². The van der Waals surface area contributed by atoms with E-state index in [0.29, 0.717) is 19.6 Å². The summed E-state index contributed by atoms with van der Waals surface area (Å²) in [6, 6.07) is 6.03. The summed E-state index contributed by atoms with van der Waals surface area (Å²) in [6.07, 6.45) is 1.88. The summed E-state index contributed by atoms with van der Waals surface area (Å²) in [4.78, 5) is 11.5. The van der Waals surface area contributed by atoms with Crippen LogP contribution in [0.3, 0.4) is 0 Å². The molecule has 0 heterocycles. The Morgan fingerprint density at radius 3 is 2.84 bits per heavy atom. The molecule has 0 aromatic heterocycles. The first-order valence-electron chi connectivity index (χ1n) is 6.71. The fourth-order valence-corrected chi connectivity index (χ4v) is 1.67. The van der Waals surface area contributed by atoms with E-state index in [1.54, 1.807) is 0 Å². The molecule has 0 unspecified atom stereocenters. The number of hydrogen-bond acceptors (Lipinski definition) is 3. The highest BCUT2D eigenvalue weighted by Crippen LogP contribution is 2.19. The second kappa shape index (κ2) is 8.53. The predicted molar refractivity (Wildman–Crippen MR) is 75.4 cm³/mol. The average molecular weight is 265 g/mol. The predicted octanol–water partition coefficient (Wildman–Crippen LogP) is 1.96. The lowest BCUT2D eigenvalue weighted by atomic mass is 10.1. The molecule has 4 heteroatoms. The zero-order valence-electron chi connectivity index (χ0n) is 11.7. The summed E-state index contributed by atoms with van der Waals surface area (Å²) in [5.41, 5.74) is 2.23. The Morgan fingerprint density at radius 1 is 1.32 bits per heavy atom. The molecule has 0 aliphatic heterocycles. The van der Waals surface area contributed by atoms with Crippen LogP contribution >= 0.6 is 0 Å². The van der Waals surface area contributed by atoms with Crippen LogP contribution < -0.4 is 10.1 Å². The van der Waals surface area contributed by atoms with Gasteiger partial charge in [-0.3, -0.25) is 4.79 Å². The van der Waals surface area contributed by atoms with E-state index in [0.717, 1.165) is 29.7 Å². The molecule has 0 aliphatic carbocycles. The van der Waals surface area contributed by atoms with Gasteiger partial charge in [-0.25, -0.2) is 0 Å². The van der Waals surface area contributed by atoms with Gasteiger partial charge in [-0.1, -0.05) is 12.1 Å². The number of unbranched alkanes of at least 4 members (excludes halogenated alkanes) is 1. The monoisotopic (exact) mass is 265 g/mol. The van der Waals surface area contributed by atoms with E-state index in [1.165, 1.54) is 0 Å². The standard InChI is InChI=1S/C15H23NO3/c1-12-5-6-13(2)14(11-12)19-10-7-15(18)16-8-3-4-9-17/h5-6,11,17H,3-4,7-10H2,1-2H3,(H,16,18). The van der Waals surface area contributed by atoms with Crippen LogP contribution in [0.5, 0.6) is 5.75 Å². The van der Waals surface area contributed by atoms with Crippen molar-refractivity contribution in [3.05, 3.63) is 29.3 Å². The van der Waals surface area contributed by atoms with Crippen molar-refractivity contribution in [3.8, 4) is 5.75 Å². The highest BCUT2D eigenvalue weighted by atomic mass is 16.5. The lowest BCUT2D eigenvalue weighted by Crippen LogP contribution is -2.26. The van der Waals surface area contributed by atoms with Crippen molar-refractivity contribution in [2.24, 2.45) is 0 Å². The molecule has 2 N–H and O–H groups in total. The highest BCUT2D eigenvalue weighted by Gasteiger charge is 2.03. The number of rotatable bonds is 8. The molecule has 1 amide bonds. The molecule has 0 bridgehead atoms. The average Bonchev–Trinajstić information content (AvgIpc) is 2.39. The number of benzene rings is 1. The number of aliphatic hydroxyl groups is 1. The minimum atomic E-state index is -0.0109. The molecule has 0 aliphatic rings. The molecule has 4 nitrogen and oxygen atoms in total. The number of ether oxygens (including phenoxy) is 1. The van der Waals surface area contributed by atoms with Crippen LogP contribution in [0.4, 0.5) is 0 Å². The van der Waals surface area contributed by atoms with Gasteiger partial charge in [0.15, 0.2) is 0 Å². The minimum Gasteiger partial charge on any atom is -0.493 e. The van der Waals surface area contributed by atoms with Crippen LogP contribution in [0.2, 0.25) is 0 Å². The maximum atomic E-state index is 11.5. The van der Waals surface area contributed by atoms with E-state index in [9.17, 15) is 4.79 Å².